The number of hydrogen-bond donors (Lipinski definition) is 1. The summed E-state index contributed by atoms with van der Waals surface area (Å²) in [5.41, 5.74) is 8.02. The van der Waals surface area contributed by atoms with Crippen LogP contribution in [-0.2, 0) is 4.84 Å². The Hall–Kier alpha value is -2.02. The fourth-order valence-corrected chi connectivity index (χ4v) is 1.34. The Morgan fingerprint density at radius 2 is 2.43 bits per heavy atom. The highest BCUT2D eigenvalue weighted by Gasteiger charge is 2.21. The molecule has 1 aliphatic rings. The van der Waals surface area contributed by atoms with E-state index < -0.39 is 6.10 Å². The van der Waals surface area contributed by atoms with Crippen molar-refractivity contribution in [3.8, 4) is 6.07 Å². The lowest BCUT2D eigenvalue weighted by Gasteiger charge is -1.99. The number of oxime groups is 1. The summed E-state index contributed by atoms with van der Waals surface area (Å²) in [6.45, 7) is 0. The molecule has 0 amide bonds. The van der Waals surface area contributed by atoms with Gasteiger partial charge < -0.3 is 10.6 Å². The van der Waals surface area contributed by atoms with Crippen LogP contribution in [-0.4, -0.2) is 11.8 Å². The Morgan fingerprint density at radius 3 is 3.07 bits per heavy atom. The molecular formula is C10H9N3O. The molecule has 1 heterocycles. The smallest absolute Gasteiger partial charge is 0.218 e. The molecule has 1 aromatic rings. The number of nitrogen functional groups attached to an aromatic ring is 1. The third-order valence-electron chi connectivity index (χ3n) is 2.03. The molecule has 0 bridgehead atoms. The minimum atomic E-state index is -0.452. The van der Waals surface area contributed by atoms with Gasteiger partial charge in [0.1, 0.15) is 6.07 Å². The maximum atomic E-state index is 8.61. The lowest BCUT2D eigenvalue weighted by atomic mass is 10.1. The summed E-state index contributed by atoms with van der Waals surface area (Å²) in [5, 5.41) is 12.5. The topological polar surface area (TPSA) is 71.4 Å². The average molecular weight is 187 g/mol. The third-order valence-corrected chi connectivity index (χ3v) is 2.03. The van der Waals surface area contributed by atoms with Crippen LogP contribution in [0.5, 0.6) is 0 Å². The number of anilines is 1. The third kappa shape index (κ3) is 1.52. The predicted molar refractivity (Wildman–Crippen MR) is 52.5 cm³/mol. The van der Waals surface area contributed by atoms with Crippen molar-refractivity contribution in [3.05, 3.63) is 29.8 Å². The Bertz CT molecular complexity index is 420. The van der Waals surface area contributed by atoms with Gasteiger partial charge in [0.05, 0.1) is 5.71 Å². The van der Waals surface area contributed by atoms with E-state index in [-0.39, 0.29) is 0 Å². The molecule has 0 aliphatic carbocycles. The molecule has 4 nitrogen and oxygen atoms in total. The molecule has 14 heavy (non-hydrogen) atoms. The Morgan fingerprint density at radius 1 is 1.57 bits per heavy atom. The van der Waals surface area contributed by atoms with Crippen LogP contribution in [0, 0.1) is 11.3 Å². The van der Waals surface area contributed by atoms with E-state index in [9.17, 15) is 0 Å². The largest absolute Gasteiger partial charge is 0.399 e. The number of nitrogens with zero attached hydrogens (tertiary/aromatic N) is 2. The minimum absolute atomic E-state index is 0.452. The molecule has 2 N–H and O–H groups in total. The molecule has 4 heteroatoms. The molecule has 1 atom stereocenters. The average Bonchev–Trinajstić information content (AvgIpc) is 2.66. The fourth-order valence-electron chi connectivity index (χ4n) is 1.34. The van der Waals surface area contributed by atoms with Crippen LogP contribution in [0.1, 0.15) is 12.0 Å². The zero-order valence-electron chi connectivity index (χ0n) is 7.47. The monoisotopic (exact) mass is 187 g/mol. The molecule has 0 saturated carbocycles. The van der Waals surface area contributed by atoms with Crippen molar-refractivity contribution in [1.29, 1.82) is 5.26 Å². The van der Waals surface area contributed by atoms with Gasteiger partial charge in [-0.2, -0.15) is 5.26 Å². The van der Waals surface area contributed by atoms with Crippen LogP contribution in [0.4, 0.5) is 5.69 Å². The molecule has 0 aromatic heterocycles. The quantitative estimate of drug-likeness (QED) is 0.673. The SMILES string of the molecule is N#C[C@H]1CC(c2cccc(N)c2)=NO1. The van der Waals surface area contributed by atoms with Gasteiger partial charge >= 0.3 is 0 Å². The molecule has 0 saturated heterocycles. The van der Waals surface area contributed by atoms with E-state index in [1.54, 1.807) is 0 Å². The number of hydrogen-bond acceptors (Lipinski definition) is 4. The van der Waals surface area contributed by atoms with Crippen LogP contribution in [0.15, 0.2) is 29.4 Å². The predicted octanol–water partition coefficient (Wildman–Crippen LogP) is 1.29. The van der Waals surface area contributed by atoms with Gasteiger partial charge in [0.15, 0.2) is 0 Å². The highest BCUT2D eigenvalue weighted by Crippen LogP contribution is 2.17. The lowest BCUT2D eigenvalue weighted by molar-refractivity contribution is 0.125. The van der Waals surface area contributed by atoms with Gasteiger partial charge in [0, 0.05) is 17.7 Å². The van der Waals surface area contributed by atoms with Crippen LogP contribution in [0.2, 0.25) is 0 Å². The standard InChI is InChI=1S/C10H9N3O/c11-6-9-5-10(13-14-9)7-2-1-3-8(12)4-7/h1-4,9H,5,12H2/t9-/m1/s1. The Labute approximate surface area is 81.6 Å². The lowest BCUT2D eigenvalue weighted by Crippen LogP contribution is -2.05. The second kappa shape index (κ2) is 3.38. The molecule has 0 unspecified atom stereocenters. The summed E-state index contributed by atoms with van der Waals surface area (Å²) >= 11 is 0. The summed E-state index contributed by atoms with van der Waals surface area (Å²) in [6, 6.07) is 9.39. The Kier molecular flexibility index (Phi) is 2.07. The summed E-state index contributed by atoms with van der Waals surface area (Å²) < 4.78 is 0. The first-order chi connectivity index (χ1) is 6.79. The zero-order chi connectivity index (χ0) is 9.97. The summed E-state index contributed by atoms with van der Waals surface area (Å²) in [4.78, 5) is 4.90. The number of rotatable bonds is 1. The summed E-state index contributed by atoms with van der Waals surface area (Å²) in [6.07, 6.45) is 0.0754. The van der Waals surface area contributed by atoms with E-state index in [1.165, 1.54) is 0 Å². The molecule has 70 valence electrons. The van der Waals surface area contributed by atoms with Crippen LogP contribution in [0.3, 0.4) is 0 Å². The van der Waals surface area contributed by atoms with Crippen molar-refractivity contribution >= 4 is 11.4 Å². The first-order valence-electron chi connectivity index (χ1n) is 4.28. The number of nitriles is 1. The second-order valence-corrected chi connectivity index (χ2v) is 3.09. The molecule has 2 rings (SSSR count). The van der Waals surface area contributed by atoms with Crippen LogP contribution < -0.4 is 5.73 Å². The first kappa shape index (κ1) is 8.57. The van der Waals surface area contributed by atoms with Gasteiger partial charge in [-0.1, -0.05) is 17.3 Å². The highest BCUT2D eigenvalue weighted by molar-refractivity contribution is 6.02. The van der Waals surface area contributed by atoms with Gasteiger partial charge in [-0.25, -0.2) is 0 Å². The van der Waals surface area contributed by atoms with E-state index >= 15 is 0 Å². The van der Waals surface area contributed by atoms with Gasteiger partial charge in [0.2, 0.25) is 6.10 Å². The zero-order valence-corrected chi connectivity index (χ0v) is 7.47. The van der Waals surface area contributed by atoms with E-state index in [0.29, 0.717) is 12.1 Å². The molecule has 1 aromatic carbocycles. The van der Waals surface area contributed by atoms with Gasteiger partial charge in [-0.3, -0.25) is 0 Å². The van der Waals surface area contributed by atoms with Crippen LogP contribution in [0.25, 0.3) is 0 Å². The van der Waals surface area contributed by atoms with Crippen molar-refractivity contribution < 1.29 is 4.84 Å². The second-order valence-electron chi connectivity index (χ2n) is 3.09. The molecule has 0 radical (unpaired) electrons. The highest BCUT2D eigenvalue weighted by atomic mass is 16.6. The molecule has 1 aliphatic heterocycles. The van der Waals surface area contributed by atoms with Gasteiger partial charge in [-0.05, 0) is 12.1 Å². The van der Waals surface area contributed by atoms with E-state index in [0.717, 1.165) is 11.3 Å². The van der Waals surface area contributed by atoms with Crippen molar-refractivity contribution in [2.45, 2.75) is 12.5 Å². The number of benzene rings is 1. The normalized spacial score (nSPS) is 19.6. The molecule has 0 spiro atoms. The first-order valence-corrected chi connectivity index (χ1v) is 4.28. The summed E-state index contributed by atoms with van der Waals surface area (Å²) in [7, 11) is 0. The minimum Gasteiger partial charge on any atom is -0.399 e. The van der Waals surface area contributed by atoms with E-state index in [2.05, 4.69) is 5.16 Å². The van der Waals surface area contributed by atoms with Crippen molar-refractivity contribution in [2.75, 3.05) is 5.73 Å². The van der Waals surface area contributed by atoms with Crippen molar-refractivity contribution in [3.63, 3.8) is 0 Å². The van der Waals surface area contributed by atoms with Gasteiger partial charge in [-0.15, -0.1) is 0 Å². The molecule has 0 fully saturated rings. The maximum Gasteiger partial charge on any atom is 0.218 e. The van der Waals surface area contributed by atoms with Crippen LogP contribution >= 0.6 is 0 Å². The van der Waals surface area contributed by atoms with Crippen molar-refractivity contribution in [2.24, 2.45) is 5.16 Å². The maximum absolute atomic E-state index is 8.61. The van der Waals surface area contributed by atoms with E-state index in [1.807, 2.05) is 30.3 Å². The molecular weight excluding hydrogens is 178 g/mol. The van der Waals surface area contributed by atoms with Crippen molar-refractivity contribution in [1.82, 2.24) is 0 Å². The number of nitrogens with two attached hydrogens (primary N) is 1. The van der Waals surface area contributed by atoms with Gasteiger partial charge in [0.25, 0.3) is 0 Å². The Balaban J connectivity index is 2.22. The fraction of sp³-hybridized carbons (Fsp3) is 0.200. The summed E-state index contributed by atoms with van der Waals surface area (Å²) in [5.74, 6) is 0. The van der Waals surface area contributed by atoms with E-state index in [4.69, 9.17) is 15.8 Å².